The van der Waals surface area contributed by atoms with E-state index in [0.717, 1.165) is 11.3 Å². The molecule has 0 aliphatic rings. The molecule has 3 aromatic carbocycles. The molecule has 4 rings (SSSR count). The molecule has 0 aliphatic carbocycles. The van der Waals surface area contributed by atoms with Gasteiger partial charge in [0.05, 0.1) is 31.7 Å². The molecule has 0 bridgehead atoms. The van der Waals surface area contributed by atoms with E-state index in [4.69, 9.17) is 9.47 Å². The van der Waals surface area contributed by atoms with Gasteiger partial charge in [-0.25, -0.2) is 10.1 Å². The van der Waals surface area contributed by atoms with E-state index in [1.165, 1.54) is 19.4 Å². The maximum Gasteiger partial charge on any atom is 0.275 e. The van der Waals surface area contributed by atoms with Gasteiger partial charge in [0.15, 0.2) is 11.5 Å². The lowest BCUT2D eigenvalue weighted by atomic mass is 10.1. The molecule has 0 spiro atoms. The summed E-state index contributed by atoms with van der Waals surface area (Å²) in [6, 6.07) is 21.6. The fourth-order valence-electron chi connectivity index (χ4n) is 3.22. The summed E-state index contributed by atoms with van der Waals surface area (Å²) in [6.07, 6.45) is 3.14. The SMILES string of the molecule is COc1ccc(-c2nn(-c3ccccc3)cc2C(=O)N/N=C/c2ccc(O)c(OC)c2)cc1. The first kappa shape index (κ1) is 21.6. The number of amides is 1. The Morgan fingerprint density at radius 1 is 1.03 bits per heavy atom. The van der Waals surface area contributed by atoms with Crippen LogP contribution in [0.5, 0.6) is 17.2 Å². The summed E-state index contributed by atoms with van der Waals surface area (Å²) in [5.41, 5.74) is 5.67. The Morgan fingerprint density at radius 3 is 2.48 bits per heavy atom. The van der Waals surface area contributed by atoms with Crippen LogP contribution in [0.3, 0.4) is 0 Å². The largest absolute Gasteiger partial charge is 0.504 e. The second-order valence-electron chi connectivity index (χ2n) is 7.03. The average molecular weight is 442 g/mol. The maximum atomic E-state index is 13.0. The molecule has 2 N–H and O–H groups in total. The van der Waals surface area contributed by atoms with Gasteiger partial charge in [0.2, 0.25) is 0 Å². The molecule has 0 aliphatic heterocycles. The van der Waals surface area contributed by atoms with Gasteiger partial charge in [0, 0.05) is 11.8 Å². The van der Waals surface area contributed by atoms with Crippen LogP contribution in [-0.2, 0) is 0 Å². The summed E-state index contributed by atoms with van der Waals surface area (Å²) in [5, 5.41) is 18.4. The number of benzene rings is 3. The van der Waals surface area contributed by atoms with E-state index < -0.39 is 5.91 Å². The molecule has 1 heterocycles. The Morgan fingerprint density at radius 2 is 1.79 bits per heavy atom. The molecule has 1 amide bonds. The highest BCUT2D eigenvalue weighted by molar-refractivity contribution is 6.00. The predicted molar refractivity (Wildman–Crippen MR) is 125 cm³/mol. The first-order chi connectivity index (χ1) is 16.1. The van der Waals surface area contributed by atoms with Crippen LogP contribution in [0.2, 0.25) is 0 Å². The van der Waals surface area contributed by atoms with Crippen molar-refractivity contribution in [1.82, 2.24) is 15.2 Å². The summed E-state index contributed by atoms with van der Waals surface area (Å²) >= 11 is 0. The highest BCUT2D eigenvalue weighted by Crippen LogP contribution is 2.27. The van der Waals surface area contributed by atoms with Crippen LogP contribution in [0.15, 0.2) is 84.1 Å². The first-order valence-electron chi connectivity index (χ1n) is 10.1. The number of ether oxygens (including phenoxy) is 2. The summed E-state index contributed by atoms with van der Waals surface area (Å²) in [6.45, 7) is 0. The smallest absolute Gasteiger partial charge is 0.275 e. The third-order valence-corrected chi connectivity index (χ3v) is 4.93. The molecular weight excluding hydrogens is 420 g/mol. The number of nitrogens with one attached hydrogen (secondary N) is 1. The number of hydrogen-bond acceptors (Lipinski definition) is 6. The third kappa shape index (κ3) is 4.85. The molecule has 0 saturated heterocycles. The Kier molecular flexibility index (Phi) is 6.36. The number of aromatic nitrogens is 2. The van der Waals surface area contributed by atoms with Crippen molar-refractivity contribution in [3.05, 3.63) is 90.1 Å². The van der Waals surface area contributed by atoms with Crippen molar-refractivity contribution in [2.24, 2.45) is 5.10 Å². The van der Waals surface area contributed by atoms with Crippen molar-refractivity contribution in [1.29, 1.82) is 0 Å². The molecule has 0 atom stereocenters. The second kappa shape index (κ2) is 9.69. The van der Waals surface area contributed by atoms with Gasteiger partial charge in [0.25, 0.3) is 5.91 Å². The molecule has 0 saturated carbocycles. The minimum atomic E-state index is -0.412. The van der Waals surface area contributed by atoms with E-state index >= 15 is 0 Å². The zero-order valence-corrected chi connectivity index (χ0v) is 18.1. The van der Waals surface area contributed by atoms with Crippen molar-refractivity contribution in [2.75, 3.05) is 14.2 Å². The molecule has 8 heteroatoms. The Bertz CT molecular complexity index is 1280. The fourth-order valence-corrected chi connectivity index (χ4v) is 3.22. The number of para-hydroxylation sites is 1. The van der Waals surface area contributed by atoms with Crippen molar-refractivity contribution in [2.45, 2.75) is 0 Å². The number of hydrogen-bond donors (Lipinski definition) is 2. The van der Waals surface area contributed by atoms with Gasteiger partial charge >= 0.3 is 0 Å². The quantitative estimate of drug-likeness (QED) is 0.333. The fraction of sp³-hybridized carbons (Fsp3) is 0.0800. The number of nitrogens with zero attached hydrogens (tertiary/aromatic N) is 3. The van der Waals surface area contributed by atoms with Crippen molar-refractivity contribution >= 4 is 12.1 Å². The lowest BCUT2D eigenvalue weighted by Gasteiger charge is -2.04. The highest BCUT2D eigenvalue weighted by Gasteiger charge is 2.18. The minimum absolute atomic E-state index is 0.0242. The van der Waals surface area contributed by atoms with Crippen LogP contribution >= 0.6 is 0 Å². The Hall–Kier alpha value is -4.59. The molecule has 33 heavy (non-hydrogen) atoms. The van der Waals surface area contributed by atoms with Crippen LogP contribution in [0.1, 0.15) is 15.9 Å². The lowest BCUT2D eigenvalue weighted by Crippen LogP contribution is -2.18. The monoisotopic (exact) mass is 442 g/mol. The van der Waals surface area contributed by atoms with Crippen molar-refractivity contribution in [3.8, 4) is 34.2 Å². The van der Waals surface area contributed by atoms with Crippen LogP contribution in [0, 0.1) is 0 Å². The van der Waals surface area contributed by atoms with Crippen LogP contribution in [0.4, 0.5) is 0 Å². The molecular formula is C25H22N4O4. The number of rotatable bonds is 7. The summed E-state index contributed by atoms with van der Waals surface area (Å²) in [5.74, 6) is 0.638. The van der Waals surface area contributed by atoms with Crippen LogP contribution in [0.25, 0.3) is 16.9 Å². The number of phenols is 1. The second-order valence-corrected chi connectivity index (χ2v) is 7.03. The van der Waals surface area contributed by atoms with E-state index in [9.17, 15) is 9.90 Å². The molecule has 0 unspecified atom stereocenters. The number of carbonyl (C=O) groups is 1. The van der Waals surface area contributed by atoms with E-state index in [-0.39, 0.29) is 5.75 Å². The van der Waals surface area contributed by atoms with Crippen molar-refractivity contribution in [3.63, 3.8) is 0 Å². The average Bonchev–Trinajstić information content (AvgIpc) is 3.31. The van der Waals surface area contributed by atoms with Gasteiger partial charge < -0.3 is 14.6 Å². The van der Waals surface area contributed by atoms with Gasteiger partial charge in [-0.3, -0.25) is 4.79 Å². The van der Waals surface area contributed by atoms with Gasteiger partial charge in [-0.05, 0) is 60.2 Å². The minimum Gasteiger partial charge on any atom is -0.504 e. The lowest BCUT2D eigenvalue weighted by molar-refractivity contribution is 0.0955. The zero-order chi connectivity index (χ0) is 23.2. The third-order valence-electron chi connectivity index (χ3n) is 4.93. The van der Waals surface area contributed by atoms with Gasteiger partial charge in [0.1, 0.15) is 11.4 Å². The van der Waals surface area contributed by atoms with E-state index in [1.807, 2.05) is 54.6 Å². The van der Waals surface area contributed by atoms with E-state index in [0.29, 0.717) is 28.3 Å². The molecule has 0 fully saturated rings. The Labute approximate surface area is 190 Å². The number of methoxy groups -OCH3 is 2. The molecule has 0 radical (unpaired) electrons. The zero-order valence-electron chi connectivity index (χ0n) is 18.1. The predicted octanol–water partition coefficient (Wildman–Crippen LogP) is 4.03. The van der Waals surface area contributed by atoms with Gasteiger partial charge in [-0.1, -0.05) is 18.2 Å². The van der Waals surface area contributed by atoms with Gasteiger partial charge in [-0.15, -0.1) is 0 Å². The number of aromatic hydroxyl groups is 1. The maximum absolute atomic E-state index is 13.0. The van der Waals surface area contributed by atoms with Crippen LogP contribution in [-0.4, -0.2) is 41.2 Å². The standard InChI is InChI=1S/C25H22N4O4/c1-32-20-11-9-18(10-12-20)24-21(16-29(28-24)19-6-4-3-5-7-19)25(31)27-26-15-17-8-13-22(30)23(14-17)33-2/h3-16,30H,1-2H3,(H,27,31)/b26-15+. The van der Waals surface area contributed by atoms with Crippen LogP contribution < -0.4 is 14.9 Å². The summed E-state index contributed by atoms with van der Waals surface area (Å²) < 4.78 is 12.0. The number of carbonyl (C=O) groups excluding carboxylic acids is 1. The Balaban J connectivity index is 1.63. The number of hydrazone groups is 1. The highest BCUT2D eigenvalue weighted by atomic mass is 16.5. The van der Waals surface area contributed by atoms with Gasteiger partial charge in [-0.2, -0.15) is 10.2 Å². The molecule has 8 nitrogen and oxygen atoms in total. The molecule has 4 aromatic rings. The van der Waals surface area contributed by atoms with Crippen molar-refractivity contribution < 1.29 is 19.4 Å². The topological polar surface area (TPSA) is 98.0 Å². The summed E-state index contributed by atoms with van der Waals surface area (Å²) in [4.78, 5) is 13.0. The molecule has 1 aromatic heterocycles. The number of phenolic OH excluding ortho intramolecular Hbond substituents is 1. The van der Waals surface area contributed by atoms with E-state index in [2.05, 4.69) is 15.6 Å². The first-order valence-corrected chi connectivity index (χ1v) is 10.1. The summed E-state index contributed by atoms with van der Waals surface area (Å²) in [7, 11) is 3.06. The molecule has 166 valence electrons. The van der Waals surface area contributed by atoms with E-state index in [1.54, 1.807) is 30.1 Å². The normalized spacial score (nSPS) is 10.8.